The Balaban J connectivity index is 4.17. The monoisotopic (exact) mass is 949 g/mol. The molecule has 0 aromatic heterocycles. The number of likely N-dealkylation sites (N-methyl/N-ethyl adjacent to an activating group) is 1. The second-order valence-corrected chi connectivity index (χ2v) is 20.7. The third kappa shape index (κ3) is 51.1. The van der Waals surface area contributed by atoms with Crippen molar-refractivity contribution in [1.82, 2.24) is 0 Å². The zero-order valence-corrected chi connectivity index (χ0v) is 44.3. The van der Waals surface area contributed by atoms with Crippen molar-refractivity contribution in [3.63, 3.8) is 0 Å². The number of carbonyl (C=O) groups is 2. The second-order valence-electron chi connectivity index (χ2n) is 19.3. The number of carbonyl (C=O) groups excluding carboxylic acids is 2. The van der Waals surface area contributed by atoms with Gasteiger partial charge in [-0.05, 0) is 38.5 Å². The van der Waals surface area contributed by atoms with Crippen LogP contribution in [0.1, 0.15) is 232 Å². The highest BCUT2D eigenvalue weighted by molar-refractivity contribution is 7.47. The summed E-state index contributed by atoms with van der Waals surface area (Å²) in [6, 6.07) is 0. The van der Waals surface area contributed by atoms with Crippen LogP contribution in [-0.2, 0) is 32.7 Å². The Kier molecular flexibility index (Phi) is 46.1. The van der Waals surface area contributed by atoms with Gasteiger partial charge >= 0.3 is 19.8 Å². The highest BCUT2D eigenvalue weighted by atomic mass is 31.2. The average Bonchev–Trinajstić information content (AvgIpc) is 3.27. The second kappa shape index (κ2) is 47.8. The van der Waals surface area contributed by atoms with Crippen LogP contribution >= 0.6 is 7.82 Å². The zero-order valence-electron chi connectivity index (χ0n) is 43.4. The van der Waals surface area contributed by atoms with E-state index in [4.69, 9.17) is 18.5 Å². The molecule has 0 aliphatic rings. The number of phosphoric ester groups is 1. The molecule has 0 aliphatic carbocycles. The first-order chi connectivity index (χ1) is 32.0. The van der Waals surface area contributed by atoms with Crippen LogP contribution in [0.2, 0.25) is 0 Å². The molecular formula is C56H103NO8P+. The topological polar surface area (TPSA) is 108 Å². The van der Waals surface area contributed by atoms with Crippen LogP contribution in [0.5, 0.6) is 0 Å². The van der Waals surface area contributed by atoms with Crippen molar-refractivity contribution >= 4 is 19.8 Å². The minimum atomic E-state index is -4.41. The van der Waals surface area contributed by atoms with Gasteiger partial charge in [-0.15, -0.1) is 0 Å². The molecule has 0 aromatic carbocycles. The van der Waals surface area contributed by atoms with Crippen molar-refractivity contribution in [2.75, 3.05) is 47.5 Å². The van der Waals surface area contributed by atoms with E-state index < -0.39 is 26.5 Å². The van der Waals surface area contributed by atoms with Gasteiger partial charge in [-0.25, -0.2) is 4.57 Å². The van der Waals surface area contributed by atoms with E-state index in [0.717, 1.165) is 44.9 Å². The smallest absolute Gasteiger partial charge is 0.462 e. The number of quaternary nitrogens is 1. The molecule has 0 bridgehead atoms. The summed E-state index contributed by atoms with van der Waals surface area (Å²) in [5, 5.41) is 0. The summed E-state index contributed by atoms with van der Waals surface area (Å²) in [6.45, 7) is 4.22. The van der Waals surface area contributed by atoms with Crippen molar-refractivity contribution in [3.05, 3.63) is 60.8 Å². The van der Waals surface area contributed by atoms with Crippen LogP contribution in [0, 0.1) is 0 Å². The van der Waals surface area contributed by atoms with Crippen LogP contribution in [0.3, 0.4) is 0 Å². The summed E-state index contributed by atoms with van der Waals surface area (Å²) < 4.78 is 34.3. The van der Waals surface area contributed by atoms with Gasteiger partial charge < -0.3 is 18.9 Å². The fourth-order valence-electron chi connectivity index (χ4n) is 7.45. The highest BCUT2D eigenvalue weighted by Crippen LogP contribution is 2.43. The molecule has 0 saturated heterocycles. The summed E-state index contributed by atoms with van der Waals surface area (Å²) in [7, 11) is 1.42. The lowest BCUT2D eigenvalue weighted by Gasteiger charge is -2.24. The molecule has 0 aromatic rings. The van der Waals surface area contributed by atoms with Crippen molar-refractivity contribution < 1.29 is 42.1 Å². The quantitative estimate of drug-likeness (QED) is 0.0211. The van der Waals surface area contributed by atoms with E-state index in [2.05, 4.69) is 56.4 Å². The first-order valence-electron chi connectivity index (χ1n) is 27.0. The molecule has 0 fully saturated rings. The Labute approximate surface area is 406 Å². The highest BCUT2D eigenvalue weighted by Gasteiger charge is 2.27. The van der Waals surface area contributed by atoms with Gasteiger partial charge in [0.25, 0.3) is 0 Å². The first kappa shape index (κ1) is 63.7. The molecule has 1 N–H and O–H groups in total. The molecule has 10 heteroatoms. The molecule has 9 nitrogen and oxygen atoms in total. The third-order valence-electron chi connectivity index (χ3n) is 11.6. The lowest BCUT2D eigenvalue weighted by atomic mass is 10.0. The lowest BCUT2D eigenvalue weighted by molar-refractivity contribution is -0.870. The number of esters is 2. The fourth-order valence-corrected chi connectivity index (χ4v) is 8.19. The molecule has 0 amide bonds. The molecule has 0 rings (SSSR count). The van der Waals surface area contributed by atoms with Crippen molar-refractivity contribution in [1.29, 1.82) is 0 Å². The maximum Gasteiger partial charge on any atom is 0.472 e. The van der Waals surface area contributed by atoms with Gasteiger partial charge in [0.2, 0.25) is 0 Å². The van der Waals surface area contributed by atoms with Crippen LogP contribution in [0.25, 0.3) is 0 Å². The molecule has 0 aliphatic heterocycles. The molecule has 2 atom stereocenters. The minimum Gasteiger partial charge on any atom is -0.462 e. The molecule has 66 heavy (non-hydrogen) atoms. The van der Waals surface area contributed by atoms with Crippen LogP contribution in [0.15, 0.2) is 60.8 Å². The molecular weight excluding hydrogens is 846 g/mol. The normalized spacial score (nSPS) is 13.8. The summed E-state index contributed by atoms with van der Waals surface area (Å²) >= 11 is 0. The van der Waals surface area contributed by atoms with Gasteiger partial charge in [-0.3, -0.25) is 18.6 Å². The van der Waals surface area contributed by atoms with E-state index in [9.17, 15) is 19.0 Å². The fraction of sp³-hybridized carbons (Fsp3) is 0.786. The van der Waals surface area contributed by atoms with Crippen LogP contribution in [0.4, 0.5) is 0 Å². The van der Waals surface area contributed by atoms with Gasteiger partial charge in [0.05, 0.1) is 34.2 Å². The van der Waals surface area contributed by atoms with E-state index >= 15 is 0 Å². The third-order valence-corrected chi connectivity index (χ3v) is 12.6. The lowest BCUT2D eigenvalue weighted by Crippen LogP contribution is -2.37. The van der Waals surface area contributed by atoms with E-state index in [1.807, 2.05) is 33.3 Å². The number of ether oxygens (including phenoxy) is 2. The van der Waals surface area contributed by atoms with E-state index in [1.165, 1.54) is 154 Å². The molecule has 0 spiro atoms. The Morgan fingerprint density at radius 1 is 0.485 bits per heavy atom. The van der Waals surface area contributed by atoms with Crippen molar-refractivity contribution in [3.8, 4) is 0 Å². The number of phosphoric acid groups is 1. The van der Waals surface area contributed by atoms with Gasteiger partial charge in [0.1, 0.15) is 19.8 Å². The predicted molar refractivity (Wildman–Crippen MR) is 279 cm³/mol. The standard InChI is InChI=1S/C56H102NO8P/c1-6-8-10-12-14-16-18-20-22-23-24-25-26-27-28-29-30-31-32-33-35-36-38-40-42-44-46-48-55(58)62-52-54(53-64-66(60,61)63-51-50-57(3,4)5)65-56(59)49-47-45-43-41-39-37-34-21-19-17-15-13-11-9-7-2/h9,11,15,17,21,34,39,41,45,47,54H,6-8,10,12-14,16,18-20,22-33,35-38,40,42-44,46,48-53H2,1-5H3/p+1/b11-9-,17-15-,34-21-,41-39-,47-45-. The Morgan fingerprint density at radius 3 is 1.23 bits per heavy atom. The number of rotatable bonds is 49. The summed E-state index contributed by atoms with van der Waals surface area (Å²) in [5.74, 6) is -0.940. The number of nitrogens with zero attached hydrogens (tertiary/aromatic N) is 1. The zero-order chi connectivity index (χ0) is 48.5. The Bertz CT molecular complexity index is 1300. The Morgan fingerprint density at radius 2 is 0.848 bits per heavy atom. The molecule has 0 heterocycles. The van der Waals surface area contributed by atoms with Crippen molar-refractivity contribution in [2.24, 2.45) is 0 Å². The first-order valence-corrected chi connectivity index (χ1v) is 28.5. The number of unbranched alkanes of at least 4 members (excludes halogenated alkanes) is 26. The number of hydrogen-bond donors (Lipinski definition) is 1. The number of hydrogen-bond acceptors (Lipinski definition) is 7. The van der Waals surface area contributed by atoms with Gasteiger partial charge in [-0.1, -0.05) is 242 Å². The van der Waals surface area contributed by atoms with Crippen molar-refractivity contribution in [2.45, 2.75) is 238 Å². The minimum absolute atomic E-state index is 0.00830. The van der Waals surface area contributed by atoms with E-state index in [0.29, 0.717) is 17.4 Å². The summed E-state index contributed by atoms with van der Waals surface area (Å²) in [5.41, 5.74) is 0. The van der Waals surface area contributed by atoms with Gasteiger partial charge in [0.15, 0.2) is 6.10 Å². The summed E-state index contributed by atoms with van der Waals surface area (Å²) in [6.07, 6.45) is 60.5. The summed E-state index contributed by atoms with van der Waals surface area (Å²) in [4.78, 5) is 35.5. The van der Waals surface area contributed by atoms with Gasteiger partial charge in [0, 0.05) is 6.42 Å². The van der Waals surface area contributed by atoms with Gasteiger partial charge in [-0.2, -0.15) is 0 Å². The van der Waals surface area contributed by atoms with Crippen LogP contribution < -0.4 is 0 Å². The molecule has 384 valence electrons. The SMILES string of the molecule is CC/C=C\C/C=C\C/C=C\C/C=C\C/C=C\CC(=O)OC(COC(=O)CCCCCCCCCCCCCCCCCCCCCCCCCCCCC)COP(=O)(O)OCC[N+](C)(C)C. The van der Waals surface area contributed by atoms with Crippen LogP contribution in [-0.4, -0.2) is 74.9 Å². The molecule has 0 saturated carbocycles. The maximum absolute atomic E-state index is 12.7. The molecule has 0 radical (unpaired) electrons. The molecule has 2 unspecified atom stereocenters. The maximum atomic E-state index is 12.7. The van der Waals surface area contributed by atoms with E-state index in [1.54, 1.807) is 6.08 Å². The van der Waals surface area contributed by atoms with E-state index in [-0.39, 0.29) is 32.0 Å². The predicted octanol–water partition coefficient (Wildman–Crippen LogP) is 16.4. The largest absolute Gasteiger partial charge is 0.472 e. The Hall–Kier alpha value is -2.29. The number of allylic oxidation sites excluding steroid dienone is 9. The average molecular weight is 949 g/mol.